The van der Waals surface area contributed by atoms with Crippen LogP contribution >= 0.6 is 0 Å². The molecule has 1 aromatic heterocycles. The minimum atomic E-state index is 1.19. The lowest BCUT2D eigenvalue weighted by Crippen LogP contribution is -2.25. The molecule has 7 aromatic rings. The Bertz CT molecular complexity index is 2590. The van der Waals surface area contributed by atoms with Gasteiger partial charge in [-0.2, -0.15) is 4.24 Å². The summed E-state index contributed by atoms with van der Waals surface area (Å²) in [6.07, 6.45) is 0. The second-order valence-electron chi connectivity index (χ2n) is 11.3. The molecular formula is C40H27N2+. The Balaban J connectivity index is 1.26. The first-order chi connectivity index (χ1) is 20.7. The van der Waals surface area contributed by atoms with Gasteiger partial charge in [-0.15, -0.1) is 0 Å². The highest BCUT2D eigenvalue weighted by Gasteiger charge is 2.20. The number of benzene rings is 6. The van der Waals surface area contributed by atoms with E-state index in [1.807, 2.05) is 0 Å². The molecule has 2 aliphatic heterocycles. The van der Waals surface area contributed by atoms with Gasteiger partial charge in [0.15, 0.2) is 0 Å². The maximum absolute atomic E-state index is 2.40. The van der Waals surface area contributed by atoms with Gasteiger partial charge in [-0.25, -0.2) is 0 Å². The highest BCUT2D eigenvalue weighted by Crippen LogP contribution is 2.36. The van der Waals surface area contributed by atoms with Crippen LogP contribution in [0, 0.1) is 12.3 Å². The van der Waals surface area contributed by atoms with E-state index in [4.69, 9.17) is 0 Å². The van der Waals surface area contributed by atoms with Crippen molar-refractivity contribution in [1.29, 1.82) is 0 Å². The highest BCUT2D eigenvalue weighted by molar-refractivity contribution is 6.10. The molecule has 9 rings (SSSR count). The molecule has 0 unspecified atom stereocenters. The van der Waals surface area contributed by atoms with Crippen molar-refractivity contribution in [3.05, 3.63) is 157 Å². The topological polar surface area (TPSA) is 10.8 Å². The number of para-hydroxylation sites is 2. The van der Waals surface area contributed by atoms with Crippen LogP contribution in [-0.4, -0.2) is 4.57 Å². The molecule has 0 atom stereocenters. The molecule has 0 fully saturated rings. The number of aromatic nitrogens is 2. The van der Waals surface area contributed by atoms with Gasteiger partial charge in [0.1, 0.15) is 5.39 Å². The third-order valence-corrected chi connectivity index (χ3v) is 8.92. The van der Waals surface area contributed by atoms with Crippen molar-refractivity contribution in [2.45, 2.75) is 6.92 Å². The quantitative estimate of drug-likeness (QED) is 0.195. The molecule has 6 aromatic carbocycles. The van der Waals surface area contributed by atoms with E-state index < -0.39 is 0 Å². The number of aryl methyl sites for hydroxylation is 1. The van der Waals surface area contributed by atoms with Crippen molar-refractivity contribution in [1.82, 2.24) is 4.57 Å². The van der Waals surface area contributed by atoms with Crippen molar-refractivity contribution in [3.8, 4) is 16.8 Å². The molecule has 196 valence electrons. The average molecular weight is 536 g/mol. The van der Waals surface area contributed by atoms with Gasteiger partial charge in [-0.05, 0) is 82.9 Å². The molecule has 0 bridgehead atoms. The number of rotatable bonds is 2. The molecule has 0 aliphatic carbocycles. The smallest absolute Gasteiger partial charge is 0.225 e. The first-order valence-corrected chi connectivity index (χ1v) is 14.5. The Morgan fingerprint density at radius 2 is 1.14 bits per heavy atom. The first-order valence-electron chi connectivity index (χ1n) is 14.5. The molecule has 0 spiro atoms. The summed E-state index contributed by atoms with van der Waals surface area (Å²) in [7, 11) is 0. The lowest BCUT2D eigenvalue weighted by atomic mass is 9.99. The summed E-state index contributed by atoms with van der Waals surface area (Å²) in [4.78, 5) is 0. The van der Waals surface area contributed by atoms with Crippen molar-refractivity contribution < 1.29 is 4.24 Å². The SMILES string of the molecule is Cc1cccc2c3cc(-c4ccc5c(c4)c4ccccc4n5-c4ccc5ccccc5c4)ccc3[n+]=2c2ccccc12. The van der Waals surface area contributed by atoms with Gasteiger partial charge in [0.05, 0.1) is 11.0 Å². The van der Waals surface area contributed by atoms with Crippen LogP contribution in [0.15, 0.2) is 146 Å². The monoisotopic (exact) mass is 535 g/mol. The Labute approximate surface area is 243 Å². The van der Waals surface area contributed by atoms with Crippen molar-refractivity contribution >= 4 is 54.4 Å². The molecule has 0 amide bonds. The zero-order chi connectivity index (χ0) is 27.8. The van der Waals surface area contributed by atoms with E-state index >= 15 is 0 Å². The molecule has 0 radical (unpaired) electrons. The van der Waals surface area contributed by atoms with Crippen LogP contribution in [0.4, 0.5) is 0 Å². The van der Waals surface area contributed by atoms with E-state index in [1.54, 1.807) is 0 Å². The molecular weight excluding hydrogens is 508 g/mol. The van der Waals surface area contributed by atoms with Gasteiger partial charge in [0.25, 0.3) is 0 Å². The van der Waals surface area contributed by atoms with Crippen LogP contribution in [0.2, 0.25) is 0 Å². The third-order valence-electron chi connectivity index (χ3n) is 8.92. The predicted molar refractivity (Wildman–Crippen MR) is 176 cm³/mol. The van der Waals surface area contributed by atoms with E-state index in [0.29, 0.717) is 0 Å². The Hall–Kier alpha value is -5.47. The second kappa shape index (κ2) is 8.76. The van der Waals surface area contributed by atoms with Gasteiger partial charge in [-0.1, -0.05) is 78.9 Å². The number of hydrogen-bond acceptors (Lipinski definition) is 0. The maximum Gasteiger partial charge on any atom is 0.225 e. The minimum Gasteiger partial charge on any atom is -0.309 e. The van der Waals surface area contributed by atoms with E-state index in [2.05, 4.69) is 161 Å². The summed E-state index contributed by atoms with van der Waals surface area (Å²) in [5.41, 5.74) is 9.89. The second-order valence-corrected chi connectivity index (χ2v) is 11.3. The van der Waals surface area contributed by atoms with E-state index in [1.165, 1.54) is 82.1 Å². The molecule has 3 heterocycles. The normalized spacial score (nSPS) is 11.9. The number of hydrogen-bond donors (Lipinski definition) is 0. The van der Waals surface area contributed by atoms with E-state index in [9.17, 15) is 0 Å². The van der Waals surface area contributed by atoms with Gasteiger partial charge in [0, 0.05) is 40.0 Å². The van der Waals surface area contributed by atoms with E-state index in [0.717, 1.165) is 0 Å². The van der Waals surface area contributed by atoms with Crippen LogP contribution in [0.3, 0.4) is 0 Å². The molecule has 2 nitrogen and oxygen atoms in total. The lowest BCUT2D eigenvalue weighted by molar-refractivity contribution is -0.457. The predicted octanol–water partition coefficient (Wildman–Crippen LogP) is 9.74. The first kappa shape index (κ1) is 23.3. The zero-order valence-corrected chi connectivity index (χ0v) is 23.3. The Morgan fingerprint density at radius 3 is 2.05 bits per heavy atom. The van der Waals surface area contributed by atoms with Crippen LogP contribution in [0.1, 0.15) is 5.56 Å². The summed E-state index contributed by atoms with van der Waals surface area (Å²) in [5.74, 6) is 0. The lowest BCUT2D eigenvalue weighted by Gasteiger charge is -2.10. The largest absolute Gasteiger partial charge is 0.309 e. The fraction of sp³-hybridized carbons (Fsp3) is 0.0250. The number of nitrogens with zero attached hydrogens (tertiary/aromatic N) is 2. The van der Waals surface area contributed by atoms with Gasteiger partial charge in [0.2, 0.25) is 16.4 Å². The summed E-state index contributed by atoms with van der Waals surface area (Å²) in [6.45, 7) is 2.19. The summed E-state index contributed by atoms with van der Waals surface area (Å²) >= 11 is 0. The summed E-state index contributed by atoms with van der Waals surface area (Å²) < 4.78 is 4.79. The third kappa shape index (κ3) is 3.30. The van der Waals surface area contributed by atoms with Crippen LogP contribution < -0.4 is 4.24 Å². The van der Waals surface area contributed by atoms with Crippen molar-refractivity contribution in [2.24, 2.45) is 0 Å². The Kier molecular flexibility index (Phi) is 4.85. The minimum absolute atomic E-state index is 1.19. The molecule has 42 heavy (non-hydrogen) atoms. The Morgan fingerprint density at radius 1 is 0.452 bits per heavy atom. The van der Waals surface area contributed by atoms with Crippen LogP contribution in [-0.2, 0) is 0 Å². The zero-order valence-electron chi connectivity index (χ0n) is 23.3. The molecule has 0 saturated heterocycles. The maximum atomic E-state index is 2.40. The highest BCUT2D eigenvalue weighted by atomic mass is 15.0. The fourth-order valence-corrected chi connectivity index (χ4v) is 6.86. The van der Waals surface area contributed by atoms with Crippen LogP contribution in [0.5, 0.6) is 0 Å². The molecule has 2 heteroatoms. The molecule has 2 aliphatic rings. The summed E-state index contributed by atoms with van der Waals surface area (Å²) in [5, 5.41) is 8.88. The van der Waals surface area contributed by atoms with Gasteiger partial charge >= 0.3 is 0 Å². The summed E-state index contributed by atoms with van der Waals surface area (Å²) in [6, 6.07) is 53.3. The molecule has 0 saturated carbocycles. The number of fused-ring (bicyclic) bond motifs is 9. The van der Waals surface area contributed by atoms with Gasteiger partial charge < -0.3 is 4.57 Å². The van der Waals surface area contributed by atoms with Crippen molar-refractivity contribution in [3.63, 3.8) is 0 Å². The van der Waals surface area contributed by atoms with Crippen LogP contribution in [0.25, 0.3) is 71.2 Å². The van der Waals surface area contributed by atoms with E-state index in [-0.39, 0.29) is 0 Å². The standard InChI is InChI=1S/C40H27N2/c1-26-9-8-16-38-35-25-30(19-22-40(35)42(38)36-14-6-4-12-32(26)36)29-18-21-39-34(24-29)33-13-5-7-15-37(33)41(39)31-20-17-27-10-2-3-11-28(27)23-31/h2-25H,1H3/q+1. The van der Waals surface area contributed by atoms with Crippen molar-refractivity contribution in [2.75, 3.05) is 0 Å². The molecule has 0 N–H and O–H groups in total. The average Bonchev–Trinajstić information content (AvgIpc) is 3.36. The fourth-order valence-electron chi connectivity index (χ4n) is 6.86. The van der Waals surface area contributed by atoms with Gasteiger partial charge in [-0.3, -0.25) is 0 Å².